The van der Waals surface area contributed by atoms with Gasteiger partial charge in [-0.2, -0.15) is 0 Å². The molecular weight excluding hydrogens is 601 g/mol. The van der Waals surface area contributed by atoms with E-state index in [1.54, 1.807) is 35.7 Å². The third-order valence-corrected chi connectivity index (χ3v) is 9.33. The summed E-state index contributed by atoms with van der Waals surface area (Å²) in [6.07, 6.45) is 4.41. The number of rotatable bonds is 12. The molecule has 0 bridgehead atoms. The smallest absolute Gasteiger partial charge is 0.254 e. The van der Waals surface area contributed by atoms with Crippen molar-refractivity contribution in [2.45, 2.75) is 77.4 Å². The highest BCUT2D eigenvalue weighted by Gasteiger charge is 2.33. The number of carbonyl (C=O) groups excluding carboxylic acids is 2. The number of halogens is 1. The van der Waals surface area contributed by atoms with Gasteiger partial charge in [-0.25, -0.2) is 9.37 Å². The minimum absolute atomic E-state index is 0.0661. The van der Waals surface area contributed by atoms with Gasteiger partial charge < -0.3 is 20.6 Å². The van der Waals surface area contributed by atoms with Crippen LogP contribution in [0.3, 0.4) is 0 Å². The lowest BCUT2D eigenvalue weighted by molar-refractivity contribution is 0.0735. The number of nitrogens with zero attached hydrogens (tertiary/aromatic N) is 3. The second-order valence-electron chi connectivity index (χ2n) is 12.6. The van der Waals surface area contributed by atoms with Crippen LogP contribution in [-0.4, -0.2) is 57.0 Å². The van der Waals surface area contributed by atoms with Gasteiger partial charge >= 0.3 is 0 Å². The third kappa shape index (κ3) is 8.43. The minimum atomic E-state index is -1.51. The first-order valence-corrected chi connectivity index (χ1v) is 16.6. The number of pyridine rings is 1. The number of thiazole rings is 1. The van der Waals surface area contributed by atoms with Crippen LogP contribution < -0.4 is 10.6 Å². The van der Waals surface area contributed by atoms with Crippen LogP contribution in [0.25, 0.3) is 0 Å². The van der Waals surface area contributed by atoms with Crippen LogP contribution in [0.2, 0.25) is 0 Å². The van der Waals surface area contributed by atoms with Gasteiger partial charge in [0.1, 0.15) is 10.7 Å². The van der Waals surface area contributed by atoms with E-state index in [9.17, 15) is 19.1 Å². The lowest BCUT2D eigenvalue weighted by atomic mass is 9.99. The Labute approximate surface area is 274 Å². The Balaban J connectivity index is 1.29. The number of alkyl halides is 1. The Morgan fingerprint density at radius 3 is 2.57 bits per heavy atom. The predicted octanol–water partition coefficient (Wildman–Crippen LogP) is 5.83. The molecule has 3 atom stereocenters. The Hall–Kier alpha value is -3.99. The number of aromatic nitrogens is 2. The summed E-state index contributed by atoms with van der Waals surface area (Å²) in [5.74, 6) is -0.485. The van der Waals surface area contributed by atoms with E-state index in [2.05, 4.69) is 20.6 Å². The molecule has 4 aromatic rings. The highest BCUT2D eigenvalue weighted by molar-refractivity contribution is 7.09. The third-order valence-electron chi connectivity index (χ3n) is 8.27. The second kappa shape index (κ2) is 14.6. The van der Waals surface area contributed by atoms with Crippen LogP contribution >= 0.6 is 11.3 Å². The van der Waals surface area contributed by atoms with Crippen LogP contribution in [0.15, 0.2) is 72.4 Å². The number of hydrogen-bond donors (Lipinski definition) is 3. The molecule has 1 unspecified atom stereocenters. The van der Waals surface area contributed by atoms with Gasteiger partial charge in [0.15, 0.2) is 0 Å². The first kappa shape index (κ1) is 33.4. The van der Waals surface area contributed by atoms with Gasteiger partial charge in [-0.1, -0.05) is 30.3 Å². The molecule has 242 valence electrons. The average Bonchev–Trinajstić information content (AvgIpc) is 3.69. The largest absolute Gasteiger partial charge is 0.390 e. The van der Waals surface area contributed by atoms with E-state index in [0.29, 0.717) is 36.2 Å². The van der Waals surface area contributed by atoms with Gasteiger partial charge in [0.2, 0.25) is 0 Å². The van der Waals surface area contributed by atoms with Crippen molar-refractivity contribution in [3.05, 3.63) is 116 Å². The van der Waals surface area contributed by atoms with Crippen molar-refractivity contribution < 1.29 is 19.1 Å². The van der Waals surface area contributed by atoms with Crippen LogP contribution in [0.1, 0.15) is 86.4 Å². The number of nitrogens with one attached hydrogen (secondary N) is 2. The maximum absolute atomic E-state index is 14.4. The molecular formula is C36H42FN5O3S. The van der Waals surface area contributed by atoms with Crippen molar-refractivity contribution in [1.82, 2.24) is 25.5 Å². The van der Waals surface area contributed by atoms with Crippen molar-refractivity contribution in [2.75, 3.05) is 13.1 Å². The zero-order valence-corrected chi connectivity index (χ0v) is 27.6. The molecule has 1 saturated heterocycles. The Morgan fingerprint density at radius 1 is 1.09 bits per heavy atom. The maximum atomic E-state index is 14.4. The van der Waals surface area contributed by atoms with E-state index in [1.165, 1.54) is 20.0 Å². The molecule has 0 spiro atoms. The van der Waals surface area contributed by atoms with Crippen molar-refractivity contribution in [3.63, 3.8) is 0 Å². The maximum Gasteiger partial charge on any atom is 0.254 e. The molecule has 1 fully saturated rings. The molecule has 10 heteroatoms. The lowest BCUT2D eigenvalue weighted by Gasteiger charge is -2.26. The molecule has 2 amide bonds. The number of benzene rings is 2. The molecule has 1 aliphatic heterocycles. The summed E-state index contributed by atoms with van der Waals surface area (Å²) in [6.45, 7) is 8.00. The zero-order valence-electron chi connectivity index (χ0n) is 26.8. The van der Waals surface area contributed by atoms with Crippen LogP contribution in [0.4, 0.5) is 4.39 Å². The predicted molar refractivity (Wildman–Crippen MR) is 179 cm³/mol. The molecule has 2 aromatic heterocycles. The van der Waals surface area contributed by atoms with E-state index < -0.39 is 17.8 Å². The van der Waals surface area contributed by atoms with Crippen molar-refractivity contribution >= 4 is 23.2 Å². The lowest BCUT2D eigenvalue weighted by Crippen LogP contribution is -2.48. The van der Waals surface area contributed by atoms with Crippen LogP contribution in [-0.2, 0) is 18.6 Å². The van der Waals surface area contributed by atoms with Gasteiger partial charge in [-0.3, -0.25) is 14.6 Å². The van der Waals surface area contributed by atoms with E-state index in [4.69, 9.17) is 0 Å². The highest BCUT2D eigenvalue weighted by atomic mass is 32.1. The molecule has 1 aliphatic rings. The number of aliphatic hydroxyl groups is 1. The van der Waals surface area contributed by atoms with Crippen molar-refractivity contribution in [3.8, 4) is 0 Å². The molecule has 46 heavy (non-hydrogen) atoms. The summed E-state index contributed by atoms with van der Waals surface area (Å²) in [5, 5.41) is 20.5. The zero-order chi connectivity index (χ0) is 32.8. The van der Waals surface area contributed by atoms with Gasteiger partial charge in [0, 0.05) is 59.8 Å². The molecule has 0 aliphatic carbocycles. The fraction of sp³-hybridized carbons (Fsp3) is 0.389. The molecule has 0 radical (unpaired) electrons. The number of likely N-dealkylation sites (tertiary alicyclic amines) is 1. The Morgan fingerprint density at radius 2 is 1.85 bits per heavy atom. The van der Waals surface area contributed by atoms with Gasteiger partial charge in [0.25, 0.3) is 11.8 Å². The normalized spacial score (nSPS) is 16.3. The number of hydrogen-bond acceptors (Lipinski definition) is 7. The fourth-order valence-electron chi connectivity index (χ4n) is 5.81. The fourth-order valence-corrected chi connectivity index (χ4v) is 6.76. The summed E-state index contributed by atoms with van der Waals surface area (Å²) < 4.78 is 14.4. The van der Waals surface area contributed by atoms with Crippen molar-refractivity contribution in [2.24, 2.45) is 0 Å². The minimum Gasteiger partial charge on any atom is -0.390 e. The van der Waals surface area contributed by atoms with Crippen LogP contribution in [0, 0.1) is 13.8 Å². The summed E-state index contributed by atoms with van der Waals surface area (Å²) >= 11 is 1.57. The Kier molecular flexibility index (Phi) is 10.6. The first-order chi connectivity index (χ1) is 22.0. The van der Waals surface area contributed by atoms with Gasteiger partial charge in [0.05, 0.1) is 18.2 Å². The summed E-state index contributed by atoms with van der Waals surface area (Å²) in [7, 11) is 0. The number of aryl methyl sites for hydroxylation is 2. The number of aliphatic hydroxyl groups excluding tert-OH is 1. The van der Waals surface area contributed by atoms with Gasteiger partial charge in [-0.15, -0.1) is 11.3 Å². The van der Waals surface area contributed by atoms with E-state index >= 15 is 0 Å². The van der Waals surface area contributed by atoms with E-state index in [0.717, 1.165) is 40.2 Å². The summed E-state index contributed by atoms with van der Waals surface area (Å²) in [6, 6.07) is 16.0. The van der Waals surface area contributed by atoms with E-state index in [-0.39, 0.29) is 24.4 Å². The molecule has 2 aromatic carbocycles. The topological polar surface area (TPSA) is 107 Å². The number of amides is 2. The molecule has 0 saturated carbocycles. The average molecular weight is 644 g/mol. The molecule has 3 heterocycles. The molecule has 8 nitrogen and oxygen atoms in total. The highest BCUT2D eigenvalue weighted by Crippen LogP contribution is 2.35. The van der Waals surface area contributed by atoms with E-state index in [1.807, 2.05) is 60.5 Å². The quantitative estimate of drug-likeness (QED) is 0.179. The molecule has 5 rings (SSSR count). The Bertz CT molecular complexity index is 1650. The van der Waals surface area contributed by atoms with Gasteiger partial charge in [-0.05, 0) is 87.9 Å². The standard InChI is InChI=1S/C36H42FN5O3S/c1-23-13-27(17-28(14-23)35(45)42-12-8-11-31(42)34-40-24(2)22-46-34)33(44)41-30(16-25-9-6-5-7-10-25)32(43)21-39-19-26-15-29(20-38-18-26)36(3,4)37/h5-7,9-10,13-15,17-18,20,22,30-32,39,43H,8,11-12,16,19,21H2,1-4H3,(H,41,44)/t30-,31?,32+/m0/s1. The molecule has 3 N–H and O–H groups in total. The number of carbonyl (C=O) groups is 2. The summed E-state index contributed by atoms with van der Waals surface area (Å²) in [4.78, 5) is 38.1. The van der Waals surface area contributed by atoms with Crippen LogP contribution in [0.5, 0.6) is 0 Å². The summed E-state index contributed by atoms with van der Waals surface area (Å²) in [5.41, 5.74) is 3.29. The first-order valence-electron chi connectivity index (χ1n) is 15.7. The monoisotopic (exact) mass is 643 g/mol. The second-order valence-corrected chi connectivity index (χ2v) is 13.5. The van der Waals surface area contributed by atoms with Crippen molar-refractivity contribution in [1.29, 1.82) is 0 Å². The SMILES string of the molecule is Cc1cc(C(=O)N[C@@H](Cc2ccccc2)[C@H](O)CNCc2cncc(C(C)(C)F)c2)cc(C(=O)N2CCCC2c2nc(C)cs2)c1.